The van der Waals surface area contributed by atoms with Gasteiger partial charge in [0.25, 0.3) is 5.91 Å². The van der Waals surface area contributed by atoms with Crippen LogP contribution in [0, 0.1) is 5.92 Å². The molecule has 0 atom stereocenters. The zero-order chi connectivity index (χ0) is 19.4. The molecule has 0 unspecified atom stereocenters. The van der Waals surface area contributed by atoms with Gasteiger partial charge in [0, 0.05) is 37.4 Å². The van der Waals surface area contributed by atoms with Crippen molar-refractivity contribution in [2.24, 2.45) is 5.92 Å². The summed E-state index contributed by atoms with van der Waals surface area (Å²) >= 11 is 0. The molecule has 27 heavy (non-hydrogen) atoms. The van der Waals surface area contributed by atoms with Crippen LogP contribution in [0.1, 0.15) is 37.0 Å². The van der Waals surface area contributed by atoms with Crippen molar-refractivity contribution in [3.8, 4) is 0 Å². The van der Waals surface area contributed by atoms with E-state index in [9.17, 15) is 9.59 Å². The number of hydrogen-bond acceptors (Lipinski definition) is 3. The maximum Gasteiger partial charge on any atom is 0.257 e. The number of amides is 2. The van der Waals surface area contributed by atoms with Gasteiger partial charge in [0.05, 0.1) is 11.3 Å². The second kappa shape index (κ2) is 8.25. The number of carbonyl (C=O) groups is 2. The minimum absolute atomic E-state index is 0.0822. The largest absolute Gasteiger partial charge is 0.372 e. The summed E-state index contributed by atoms with van der Waals surface area (Å²) in [5, 5.41) is 2.94. The van der Waals surface area contributed by atoms with Crippen LogP contribution in [-0.4, -0.2) is 32.0 Å². The van der Waals surface area contributed by atoms with E-state index in [0.717, 1.165) is 37.3 Å². The third-order valence-electron chi connectivity index (χ3n) is 5.02. The smallest absolute Gasteiger partial charge is 0.257 e. The fraction of sp³-hybridized carbons (Fsp3) is 0.364. The van der Waals surface area contributed by atoms with Gasteiger partial charge < -0.3 is 15.1 Å². The van der Waals surface area contributed by atoms with Gasteiger partial charge in [-0.15, -0.1) is 0 Å². The number of nitrogens with zero attached hydrogens (tertiary/aromatic N) is 2. The lowest BCUT2D eigenvalue weighted by molar-refractivity contribution is -0.119. The van der Waals surface area contributed by atoms with Crippen LogP contribution in [-0.2, 0) is 4.79 Å². The van der Waals surface area contributed by atoms with E-state index in [0.29, 0.717) is 11.3 Å². The molecule has 0 saturated heterocycles. The second-order valence-electron chi connectivity index (χ2n) is 6.86. The van der Waals surface area contributed by atoms with Crippen LogP contribution in [0.4, 0.5) is 17.1 Å². The van der Waals surface area contributed by atoms with Gasteiger partial charge >= 0.3 is 0 Å². The molecule has 0 aromatic heterocycles. The number of rotatable bonds is 7. The molecule has 0 aliphatic heterocycles. The van der Waals surface area contributed by atoms with Gasteiger partial charge in [-0.3, -0.25) is 9.59 Å². The van der Waals surface area contributed by atoms with Gasteiger partial charge in [0.2, 0.25) is 5.91 Å². The summed E-state index contributed by atoms with van der Waals surface area (Å²) in [5.41, 5.74) is 3.02. The Morgan fingerprint density at radius 2 is 1.63 bits per heavy atom. The van der Waals surface area contributed by atoms with Crippen molar-refractivity contribution in [3.05, 3.63) is 54.1 Å². The number of nitrogens with one attached hydrogen (secondary N) is 1. The molecule has 142 valence electrons. The van der Waals surface area contributed by atoms with E-state index in [1.807, 2.05) is 42.5 Å². The lowest BCUT2D eigenvalue weighted by atomic mass is 10.1. The monoisotopic (exact) mass is 365 g/mol. The van der Waals surface area contributed by atoms with E-state index in [-0.39, 0.29) is 17.7 Å². The molecule has 2 amide bonds. The zero-order valence-electron chi connectivity index (χ0n) is 16.2. The van der Waals surface area contributed by atoms with Crippen LogP contribution in [0.15, 0.2) is 48.5 Å². The van der Waals surface area contributed by atoms with E-state index in [1.165, 1.54) is 0 Å². The molecule has 2 aromatic carbocycles. The highest BCUT2D eigenvalue weighted by Crippen LogP contribution is 2.33. The van der Waals surface area contributed by atoms with Crippen molar-refractivity contribution in [1.29, 1.82) is 0 Å². The van der Waals surface area contributed by atoms with E-state index < -0.39 is 0 Å². The summed E-state index contributed by atoms with van der Waals surface area (Å²) in [6.07, 6.45) is 1.88. The SMILES string of the molecule is CCN(CC)c1ccc(NC(=O)c2ccccc2N(C)C(=O)C2CC2)cc1. The first-order chi connectivity index (χ1) is 13.0. The summed E-state index contributed by atoms with van der Waals surface area (Å²) in [7, 11) is 1.74. The summed E-state index contributed by atoms with van der Waals surface area (Å²) in [6.45, 7) is 6.12. The summed E-state index contributed by atoms with van der Waals surface area (Å²) in [4.78, 5) is 29.1. The van der Waals surface area contributed by atoms with Gasteiger partial charge in [0.15, 0.2) is 0 Å². The molecule has 1 saturated carbocycles. The standard InChI is InChI=1S/C22H27N3O2/c1-4-25(5-2)18-14-12-17(13-15-18)23-21(26)19-8-6-7-9-20(19)24(3)22(27)16-10-11-16/h6-9,12-16H,4-5,10-11H2,1-3H3,(H,23,26). The van der Waals surface area contributed by atoms with Crippen LogP contribution < -0.4 is 15.1 Å². The molecule has 0 radical (unpaired) electrons. The summed E-state index contributed by atoms with van der Waals surface area (Å²) in [6, 6.07) is 15.1. The predicted molar refractivity (Wildman–Crippen MR) is 111 cm³/mol. The van der Waals surface area contributed by atoms with Crippen molar-refractivity contribution in [2.75, 3.05) is 35.3 Å². The molecule has 1 aliphatic carbocycles. The van der Waals surface area contributed by atoms with Crippen molar-refractivity contribution >= 4 is 28.9 Å². The molecule has 1 N–H and O–H groups in total. The lowest BCUT2D eigenvalue weighted by Gasteiger charge is -2.22. The second-order valence-corrected chi connectivity index (χ2v) is 6.86. The van der Waals surface area contributed by atoms with E-state index in [4.69, 9.17) is 0 Å². The van der Waals surface area contributed by atoms with Crippen molar-refractivity contribution < 1.29 is 9.59 Å². The fourth-order valence-corrected chi connectivity index (χ4v) is 3.22. The molecular weight excluding hydrogens is 338 g/mol. The Bertz CT molecular complexity index is 809. The van der Waals surface area contributed by atoms with Crippen molar-refractivity contribution in [1.82, 2.24) is 0 Å². The third kappa shape index (κ3) is 4.30. The number of carbonyl (C=O) groups excluding carboxylic acids is 2. The normalized spacial score (nSPS) is 13.1. The van der Waals surface area contributed by atoms with Gasteiger partial charge in [-0.2, -0.15) is 0 Å². The Labute approximate surface area is 161 Å². The topological polar surface area (TPSA) is 52.7 Å². The lowest BCUT2D eigenvalue weighted by Crippen LogP contribution is -2.29. The van der Waals surface area contributed by atoms with Gasteiger partial charge in [-0.05, 0) is 63.1 Å². The summed E-state index contributed by atoms with van der Waals surface area (Å²) in [5.74, 6) is -0.0193. The van der Waals surface area contributed by atoms with Gasteiger partial charge in [0.1, 0.15) is 0 Å². The van der Waals surface area contributed by atoms with Crippen LogP contribution in [0.25, 0.3) is 0 Å². The maximum atomic E-state index is 12.8. The van der Waals surface area contributed by atoms with Crippen LogP contribution in [0.2, 0.25) is 0 Å². The first-order valence-corrected chi connectivity index (χ1v) is 9.58. The fourth-order valence-electron chi connectivity index (χ4n) is 3.22. The van der Waals surface area contributed by atoms with E-state index in [1.54, 1.807) is 18.0 Å². The molecule has 2 aromatic rings. The third-order valence-corrected chi connectivity index (χ3v) is 5.02. The van der Waals surface area contributed by atoms with Crippen molar-refractivity contribution in [2.45, 2.75) is 26.7 Å². The highest BCUT2D eigenvalue weighted by molar-refractivity contribution is 6.11. The molecule has 1 aliphatic rings. The predicted octanol–water partition coefficient (Wildman–Crippen LogP) is 4.16. The van der Waals surface area contributed by atoms with Crippen molar-refractivity contribution in [3.63, 3.8) is 0 Å². The molecule has 0 bridgehead atoms. The Balaban J connectivity index is 1.75. The highest BCUT2D eigenvalue weighted by Gasteiger charge is 2.33. The van der Waals surface area contributed by atoms with Crippen LogP contribution in [0.3, 0.4) is 0 Å². The van der Waals surface area contributed by atoms with Gasteiger partial charge in [-0.1, -0.05) is 12.1 Å². The molecule has 5 heteroatoms. The quantitative estimate of drug-likeness (QED) is 0.802. The Kier molecular flexibility index (Phi) is 5.79. The number of anilines is 3. The molecular formula is C22H27N3O2. The molecule has 5 nitrogen and oxygen atoms in total. The highest BCUT2D eigenvalue weighted by atomic mass is 16.2. The average Bonchev–Trinajstić information content (AvgIpc) is 3.54. The summed E-state index contributed by atoms with van der Waals surface area (Å²) < 4.78 is 0. The van der Waals surface area contributed by atoms with Crippen LogP contribution >= 0.6 is 0 Å². The van der Waals surface area contributed by atoms with E-state index in [2.05, 4.69) is 24.1 Å². The average molecular weight is 365 g/mol. The Morgan fingerprint density at radius 1 is 1.00 bits per heavy atom. The maximum absolute atomic E-state index is 12.8. The molecule has 0 spiro atoms. The zero-order valence-corrected chi connectivity index (χ0v) is 16.2. The van der Waals surface area contributed by atoms with Crippen LogP contribution in [0.5, 0.6) is 0 Å². The molecule has 0 heterocycles. The minimum atomic E-state index is -0.211. The van der Waals surface area contributed by atoms with Gasteiger partial charge in [-0.25, -0.2) is 0 Å². The number of benzene rings is 2. The first kappa shape index (κ1) is 19.0. The Hall–Kier alpha value is -2.82. The first-order valence-electron chi connectivity index (χ1n) is 9.58. The molecule has 1 fully saturated rings. The number of hydrogen-bond donors (Lipinski definition) is 1. The Morgan fingerprint density at radius 3 is 2.22 bits per heavy atom. The minimum Gasteiger partial charge on any atom is -0.372 e. The number of para-hydroxylation sites is 1. The molecule has 3 rings (SSSR count). The van der Waals surface area contributed by atoms with E-state index >= 15 is 0 Å².